The van der Waals surface area contributed by atoms with E-state index >= 15 is 0 Å². The Morgan fingerprint density at radius 3 is 2.44 bits per heavy atom. The second-order valence-corrected chi connectivity index (χ2v) is 8.90. The van der Waals surface area contributed by atoms with Crippen LogP contribution in [0.4, 0.5) is 5.69 Å². The summed E-state index contributed by atoms with van der Waals surface area (Å²) >= 11 is 0. The predicted molar refractivity (Wildman–Crippen MR) is 135 cm³/mol. The summed E-state index contributed by atoms with van der Waals surface area (Å²) in [6.45, 7) is 6.57. The van der Waals surface area contributed by atoms with Crippen molar-refractivity contribution in [2.45, 2.75) is 46.2 Å². The van der Waals surface area contributed by atoms with Gasteiger partial charge in [-0.2, -0.15) is 0 Å². The Kier molecular flexibility index (Phi) is 6.96. The fourth-order valence-corrected chi connectivity index (χ4v) is 4.37. The minimum absolute atomic E-state index is 0.120. The van der Waals surface area contributed by atoms with Crippen LogP contribution in [0.5, 0.6) is 0 Å². The first-order valence-electron chi connectivity index (χ1n) is 11.9. The number of nitrogens with one attached hydrogen (secondary N) is 1. The summed E-state index contributed by atoms with van der Waals surface area (Å²) in [5, 5.41) is 4.78. The number of anilines is 1. The zero-order valence-electron chi connectivity index (χ0n) is 20.0. The Labute approximate surface area is 200 Å². The van der Waals surface area contributed by atoms with Gasteiger partial charge in [-0.15, -0.1) is 0 Å². The molecule has 1 atom stereocenters. The molecule has 1 aliphatic rings. The predicted octanol–water partition coefficient (Wildman–Crippen LogP) is 4.44. The molecule has 0 aliphatic carbocycles. The van der Waals surface area contributed by atoms with Gasteiger partial charge in [0.25, 0.3) is 5.91 Å². The maximum absolute atomic E-state index is 13.6. The average Bonchev–Trinajstić information content (AvgIpc) is 3.11. The highest BCUT2D eigenvalue weighted by Crippen LogP contribution is 2.37. The fourth-order valence-electron chi connectivity index (χ4n) is 4.37. The second kappa shape index (κ2) is 10.1. The van der Waals surface area contributed by atoms with E-state index < -0.39 is 6.04 Å². The second-order valence-electron chi connectivity index (χ2n) is 8.90. The van der Waals surface area contributed by atoms with Crippen LogP contribution in [0, 0.1) is 6.92 Å². The van der Waals surface area contributed by atoms with E-state index in [0.29, 0.717) is 18.7 Å². The molecule has 0 bridgehead atoms. The monoisotopic (exact) mass is 457 g/mol. The zero-order valence-corrected chi connectivity index (χ0v) is 20.0. The standard InChI is InChI=1S/C28H31N3O3/c1-4-5-16-29-27(33)20(3)30(17-21-14-12-19(2)13-15-21)25(32)18-31-24-11-7-9-22-8-6-10-23(26(22)24)28(31)34/h6-15,20H,4-5,16-18H2,1-3H3,(H,29,33)/t20-/m0/s1. The molecule has 3 aromatic carbocycles. The Hall–Kier alpha value is -3.67. The molecule has 34 heavy (non-hydrogen) atoms. The van der Waals surface area contributed by atoms with Gasteiger partial charge in [0, 0.05) is 24.0 Å². The normalized spacial score (nSPS) is 13.3. The lowest BCUT2D eigenvalue weighted by Gasteiger charge is -2.30. The van der Waals surface area contributed by atoms with E-state index in [0.717, 1.165) is 40.4 Å². The maximum atomic E-state index is 13.6. The molecule has 3 aromatic rings. The van der Waals surface area contributed by atoms with Gasteiger partial charge in [0.05, 0.1) is 5.69 Å². The van der Waals surface area contributed by atoms with E-state index in [2.05, 4.69) is 12.2 Å². The van der Waals surface area contributed by atoms with Crippen LogP contribution in [0.2, 0.25) is 0 Å². The van der Waals surface area contributed by atoms with Crippen molar-refractivity contribution in [3.63, 3.8) is 0 Å². The molecule has 1 aliphatic heterocycles. The van der Waals surface area contributed by atoms with E-state index in [1.807, 2.05) is 61.5 Å². The van der Waals surface area contributed by atoms with Gasteiger partial charge in [0.1, 0.15) is 12.6 Å². The summed E-state index contributed by atoms with van der Waals surface area (Å²) in [7, 11) is 0. The number of unbranched alkanes of at least 4 members (excludes halogenated alkanes) is 1. The van der Waals surface area contributed by atoms with Gasteiger partial charge >= 0.3 is 0 Å². The maximum Gasteiger partial charge on any atom is 0.259 e. The van der Waals surface area contributed by atoms with E-state index in [4.69, 9.17) is 0 Å². The average molecular weight is 458 g/mol. The fraction of sp³-hybridized carbons (Fsp3) is 0.321. The molecule has 1 heterocycles. The largest absolute Gasteiger partial charge is 0.354 e. The number of rotatable bonds is 9. The van der Waals surface area contributed by atoms with Gasteiger partial charge in [-0.05, 0) is 43.4 Å². The highest BCUT2D eigenvalue weighted by molar-refractivity contribution is 6.26. The number of amides is 3. The molecule has 6 nitrogen and oxygen atoms in total. The molecule has 0 spiro atoms. The van der Waals surface area contributed by atoms with Crippen LogP contribution in [0.3, 0.4) is 0 Å². The molecule has 0 saturated carbocycles. The van der Waals surface area contributed by atoms with Crippen LogP contribution in [-0.4, -0.2) is 41.8 Å². The third-order valence-corrected chi connectivity index (χ3v) is 6.41. The number of nitrogens with zero attached hydrogens (tertiary/aromatic N) is 2. The van der Waals surface area contributed by atoms with Gasteiger partial charge in [0.2, 0.25) is 11.8 Å². The van der Waals surface area contributed by atoms with Crippen LogP contribution in [-0.2, 0) is 16.1 Å². The molecule has 3 amide bonds. The van der Waals surface area contributed by atoms with Gasteiger partial charge < -0.3 is 10.2 Å². The quantitative estimate of drug-likeness (QED) is 0.483. The molecule has 4 rings (SSSR count). The smallest absolute Gasteiger partial charge is 0.259 e. The number of benzene rings is 3. The lowest BCUT2D eigenvalue weighted by Crippen LogP contribution is -2.51. The molecule has 1 N–H and O–H groups in total. The number of hydrogen-bond acceptors (Lipinski definition) is 3. The van der Waals surface area contributed by atoms with Crippen molar-refractivity contribution in [3.05, 3.63) is 77.4 Å². The molecule has 0 unspecified atom stereocenters. The number of hydrogen-bond donors (Lipinski definition) is 1. The Balaban J connectivity index is 1.59. The molecule has 0 fully saturated rings. The first-order valence-corrected chi connectivity index (χ1v) is 11.9. The molecule has 6 heteroatoms. The van der Waals surface area contributed by atoms with E-state index in [-0.39, 0.29) is 24.3 Å². The first-order chi connectivity index (χ1) is 16.4. The zero-order chi connectivity index (χ0) is 24.2. The lowest BCUT2D eigenvalue weighted by molar-refractivity contribution is -0.139. The number of carbonyl (C=O) groups is 3. The molecule has 176 valence electrons. The SMILES string of the molecule is CCCCNC(=O)[C@H](C)N(Cc1ccc(C)cc1)C(=O)CN1C(=O)c2cccc3cccc1c23. The van der Waals surface area contributed by atoms with E-state index in [1.165, 1.54) is 4.90 Å². The lowest BCUT2D eigenvalue weighted by atomic mass is 10.1. The Morgan fingerprint density at radius 1 is 1.03 bits per heavy atom. The van der Waals surface area contributed by atoms with Crippen molar-refractivity contribution in [1.82, 2.24) is 10.2 Å². The Morgan fingerprint density at radius 2 is 1.74 bits per heavy atom. The van der Waals surface area contributed by atoms with Crippen LogP contribution in [0.1, 0.15) is 48.2 Å². The van der Waals surface area contributed by atoms with Crippen LogP contribution < -0.4 is 10.2 Å². The van der Waals surface area contributed by atoms with Crippen LogP contribution in [0.15, 0.2) is 60.7 Å². The molecule has 0 aromatic heterocycles. The minimum Gasteiger partial charge on any atom is -0.354 e. The summed E-state index contributed by atoms with van der Waals surface area (Å²) in [6.07, 6.45) is 1.86. The summed E-state index contributed by atoms with van der Waals surface area (Å²) in [5.74, 6) is -0.639. The molecule has 0 saturated heterocycles. The van der Waals surface area contributed by atoms with E-state index in [1.54, 1.807) is 17.9 Å². The highest BCUT2D eigenvalue weighted by Gasteiger charge is 2.34. The number of aryl methyl sites for hydroxylation is 1. The van der Waals surface area contributed by atoms with Crippen molar-refractivity contribution in [2.75, 3.05) is 18.0 Å². The third kappa shape index (κ3) is 4.67. The van der Waals surface area contributed by atoms with Gasteiger partial charge in [-0.3, -0.25) is 19.3 Å². The van der Waals surface area contributed by atoms with Gasteiger partial charge in [-0.25, -0.2) is 0 Å². The van der Waals surface area contributed by atoms with Gasteiger partial charge in [-0.1, -0.05) is 67.4 Å². The summed E-state index contributed by atoms with van der Waals surface area (Å²) in [5.41, 5.74) is 3.41. The minimum atomic E-state index is -0.665. The Bertz CT molecular complexity index is 1210. The van der Waals surface area contributed by atoms with Crippen molar-refractivity contribution < 1.29 is 14.4 Å². The van der Waals surface area contributed by atoms with Crippen molar-refractivity contribution in [1.29, 1.82) is 0 Å². The summed E-state index contributed by atoms with van der Waals surface area (Å²) in [6, 6.07) is 18.6. The van der Waals surface area contributed by atoms with Crippen molar-refractivity contribution in [2.24, 2.45) is 0 Å². The van der Waals surface area contributed by atoms with E-state index in [9.17, 15) is 14.4 Å². The topological polar surface area (TPSA) is 69.7 Å². The summed E-state index contributed by atoms with van der Waals surface area (Å²) < 4.78 is 0. The third-order valence-electron chi connectivity index (χ3n) is 6.41. The number of carbonyl (C=O) groups excluding carboxylic acids is 3. The van der Waals surface area contributed by atoms with Crippen molar-refractivity contribution >= 4 is 34.2 Å². The van der Waals surface area contributed by atoms with Crippen molar-refractivity contribution in [3.8, 4) is 0 Å². The molecule has 0 radical (unpaired) electrons. The molecular weight excluding hydrogens is 426 g/mol. The molecular formula is C28H31N3O3. The van der Waals surface area contributed by atoms with Crippen LogP contribution in [0.25, 0.3) is 10.8 Å². The highest BCUT2D eigenvalue weighted by atomic mass is 16.2. The van der Waals surface area contributed by atoms with Gasteiger partial charge in [0.15, 0.2) is 0 Å². The first kappa shape index (κ1) is 23.5. The van der Waals surface area contributed by atoms with Crippen LogP contribution >= 0.6 is 0 Å². The summed E-state index contributed by atoms with van der Waals surface area (Å²) in [4.78, 5) is 42.8.